The van der Waals surface area contributed by atoms with Crippen molar-refractivity contribution in [3.05, 3.63) is 11.7 Å². The molecule has 6 nitrogen and oxygen atoms in total. The zero-order valence-corrected chi connectivity index (χ0v) is 13.5. The summed E-state index contributed by atoms with van der Waals surface area (Å²) in [5.74, 6) is 2.05. The van der Waals surface area contributed by atoms with Gasteiger partial charge in [-0.1, -0.05) is 19.0 Å². The normalized spacial score (nSPS) is 27.1. The van der Waals surface area contributed by atoms with Gasteiger partial charge in [-0.3, -0.25) is 4.79 Å². The molecule has 6 heteroatoms. The first-order valence-electron chi connectivity index (χ1n) is 8.43. The van der Waals surface area contributed by atoms with Gasteiger partial charge in [0.2, 0.25) is 5.89 Å². The van der Waals surface area contributed by atoms with Crippen LogP contribution < -0.4 is 0 Å². The highest BCUT2D eigenvalue weighted by atomic mass is 16.5. The average molecular weight is 307 g/mol. The smallest absolute Gasteiger partial charge is 0.251 e. The van der Waals surface area contributed by atoms with Gasteiger partial charge in [-0.05, 0) is 32.1 Å². The van der Waals surface area contributed by atoms with E-state index < -0.39 is 0 Å². The minimum Gasteiger partial charge on any atom is -0.368 e. The van der Waals surface area contributed by atoms with Crippen molar-refractivity contribution in [1.82, 2.24) is 15.0 Å². The molecule has 0 unspecified atom stereocenters. The quantitative estimate of drug-likeness (QED) is 0.854. The van der Waals surface area contributed by atoms with Crippen LogP contribution in [0, 0.1) is 0 Å². The van der Waals surface area contributed by atoms with E-state index in [4.69, 9.17) is 9.26 Å². The number of hydrogen-bond acceptors (Lipinski definition) is 5. The van der Waals surface area contributed by atoms with Crippen LogP contribution in [0.15, 0.2) is 4.52 Å². The molecule has 2 aliphatic rings. The van der Waals surface area contributed by atoms with Crippen LogP contribution >= 0.6 is 0 Å². The molecule has 0 N–H and O–H groups in total. The fraction of sp³-hybridized carbons (Fsp3) is 0.812. The monoisotopic (exact) mass is 307 g/mol. The van der Waals surface area contributed by atoms with Crippen molar-refractivity contribution in [3.63, 3.8) is 0 Å². The Balaban J connectivity index is 1.65. The second kappa shape index (κ2) is 6.77. The summed E-state index contributed by atoms with van der Waals surface area (Å²) >= 11 is 0. The summed E-state index contributed by atoms with van der Waals surface area (Å²) in [6, 6.07) is 0. The highest BCUT2D eigenvalue weighted by molar-refractivity contribution is 5.81. The zero-order valence-electron chi connectivity index (χ0n) is 13.5. The Bertz CT molecular complexity index is 510. The number of amides is 1. The molecule has 1 amide bonds. The Morgan fingerprint density at radius 2 is 2.27 bits per heavy atom. The molecule has 0 aromatic carbocycles. The highest BCUT2D eigenvalue weighted by Crippen LogP contribution is 2.28. The van der Waals surface area contributed by atoms with Gasteiger partial charge in [0.1, 0.15) is 6.10 Å². The lowest BCUT2D eigenvalue weighted by Crippen LogP contribution is -2.44. The van der Waals surface area contributed by atoms with Crippen molar-refractivity contribution >= 4 is 5.91 Å². The summed E-state index contributed by atoms with van der Waals surface area (Å²) in [6.45, 7) is 6.39. The number of piperidine rings is 1. The summed E-state index contributed by atoms with van der Waals surface area (Å²) in [4.78, 5) is 18.9. The lowest BCUT2D eigenvalue weighted by atomic mass is 9.97. The molecular formula is C16H25N3O3. The standard InChI is InChI=1S/C16H25N3O3/c1-3-11(2)14-17-15(22-18-14)12-6-4-8-19(10-12)16(20)13-7-5-9-21-13/h11-13H,3-10H2,1-2H3/t11-,12+,13+/m0/s1. The summed E-state index contributed by atoms with van der Waals surface area (Å²) in [7, 11) is 0. The molecule has 2 aliphatic heterocycles. The van der Waals surface area contributed by atoms with E-state index in [9.17, 15) is 4.79 Å². The van der Waals surface area contributed by atoms with Crippen LogP contribution in [0.5, 0.6) is 0 Å². The van der Waals surface area contributed by atoms with Crippen LogP contribution in [0.25, 0.3) is 0 Å². The lowest BCUT2D eigenvalue weighted by Gasteiger charge is -2.32. The van der Waals surface area contributed by atoms with Gasteiger partial charge >= 0.3 is 0 Å². The second-order valence-corrected chi connectivity index (χ2v) is 6.43. The predicted molar refractivity (Wildman–Crippen MR) is 80.5 cm³/mol. The first kappa shape index (κ1) is 15.5. The van der Waals surface area contributed by atoms with Crippen LogP contribution in [-0.2, 0) is 9.53 Å². The molecule has 122 valence electrons. The number of aromatic nitrogens is 2. The Labute approximate surface area is 131 Å². The third-order valence-corrected chi connectivity index (χ3v) is 4.80. The van der Waals surface area contributed by atoms with Crippen LogP contribution in [0.2, 0.25) is 0 Å². The van der Waals surface area contributed by atoms with Crippen LogP contribution in [-0.4, -0.2) is 46.7 Å². The SMILES string of the molecule is CC[C@H](C)c1noc([C@@H]2CCCN(C(=O)[C@H]3CCCO3)C2)n1. The molecule has 3 heterocycles. The number of ether oxygens (including phenoxy) is 1. The van der Waals surface area contributed by atoms with E-state index in [0.717, 1.165) is 44.5 Å². The minimum atomic E-state index is -0.239. The zero-order chi connectivity index (χ0) is 15.5. The van der Waals surface area contributed by atoms with Crippen molar-refractivity contribution in [1.29, 1.82) is 0 Å². The number of carbonyl (C=O) groups excluding carboxylic acids is 1. The first-order chi connectivity index (χ1) is 10.7. The van der Waals surface area contributed by atoms with Crippen molar-refractivity contribution in [2.75, 3.05) is 19.7 Å². The van der Waals surface area contributed by atoms with E-state index in [1.807, 2.05) is 4.90 Å². The molecule has 2 fully saturated rings. The fourth-order valence-electron chi connectivity index (χ4n) is 3.15. The van der Waals surface area contributed by atoms with E-state index in [-0.39, 0.29) is 17.9 Å². The van der Waals surface area contributed by atoms with Gasteiger partial charge in [0.05, 0.1) is 5.92 Å². The first-order valence-corrected chi connectivity index (χ1v) is 8.43. The van der Waals surface area contributed by atoms with E-state index in [1.165, 1.54) is 0 Å². The topological polar surface area (TPSA) is 68.5 Å². The minimum absolute atomic E-state index is 0.129. The third-order valence-electron chi connectivity index (χ3n) is 4.80. The van der Waals surface area contributed by atoms with Crippen LogP contribution in [0.3, 0.4) is 0 Å². The fourth-order valence-corrected chi connectivity index (χ4v) is 3.15. The van der Waals surface area contributed by atoms with E-state index in [0.29, 0.717) is 25.0 Å². The molecule has 3 rings (SSSR count). The van der Waals surface area contributed by atoms with Gasteiger partial charge in [0.25, 0.3) is 5.91 Å². The van der Waals surface area contributed by atoms with Gasteiger partial charge in [0.15, 0.2) is 5.82 Å². The van der Waals surface area contributed by atoms with Gasteiger partial charge in [0, 0.05) is 25.6 Å². The second-order valence-electron chi connectivity index (χ2n) is 6.43. The number of likely N-dealkylation sites (tertiary alicyclic amines) is 1. The van der Waals surface area contributed by atoms with Crippen molar-refractivity contribution in [2.24, 2.45) is 0 Å². The number of hydrogen-bond donors (Lipinski definition) is 0. The molecule has 22 heavy (non-hydrogen) atoms. The Morgan fingerprint density at radius 1 is 1.41 bits per heavy atom. The van der Waals surface area contributed by atoms with Crippen molar-refractivity contribution < 1.29 is 14.1 Å². The molecule has 0 aliphatic carbocycles. The largest absolute Gasteiger partial charge is 0.368 e. The molecule has 0 radical (unpaired) electrons. The van der Waals surface area contributed by atoms with Gasteiger partial charge in [-0.15, -0.1) is 0 Å². The molecule has 1 aromatic heterocycles. The van der Waals surface area contributed by atoms with Crippen LogP contribution in [0.1, 0.15) is 69.5 Å². The Kier molecular flexibility index (Phi) is 4.76. The average Bonchev–Trinajstić information content (AvgIpc) is 3.25. The maximum absolute atomic E-state index is 12.5. The summed E-state index contributed by atoms with van der Waals surface area (Å²) in [5.41, 5.74) is 0. The van der Waals surface area contributed by atoms with E-state index in [1.54, 1.807) is 0 Å². The molecule has 0 spiro atoms. The van der Waals surface area contributed by atoms with Gasteiger partial charge < -0.3 is 14.2 Å². The van der Waals surface area contributed by atoms with Crippen molar-refractivity contribution in [2.45, 2.75) is 63.9 Å². The molecule has 1 aromatic rings. The number of rotatable bonds is 4. The van der Waals surface area contributed by atoms with Crippen LogP contribution in [0.4, 0.5) is 0 Å². The predicted octanol–water partition coefficient (Wildman–Crippen LogP) is 2.47. The maximum atomic E-state index is 12.5. The molecular weight excluding hydrogens is 282 g/mol. The number of nitrogens with zero attached hydrogens (tertiary/aromatic N) is 3. The maximum Gasteiger partial charge on any atom is 0.251 e. The van der Waals surface area contributed by atoms with E-state index >= 15 is 0 Å². The lowest BCUT2D eigenvalue weighted by molar-refractivity contribution is -0.142. The van der Waals surface area contributed by atoms with E-state index in [2.05, 4.69) is 24.0 Å². The molecule has 3 atom stereocenters. The Morgan fingerprint density at radius 3 is 3.00 bits per heavy atom. The molecule has 0 bridgehead atoms. The summed E-state index contributed by atoms with van der Waals surface area (Å²) in [6.07, 6.45) is 4.56. The summed E-state index contributed by atoms with van der Waals surface area (Å²) in [5, 5.41) is 4.10. The summed E-state index contributed by atoms with van der Waals surface area (Å²) < 4.78 is 11.0. The number of carbonyl (C=O) groups is 1. The van der Waals surface area contributed by atoms with Crippen molar-refractivity contribution in [3.8, 4) is 0 Å². The third kappa shape index (κ3) is 3.16. The Hall–Kier alpha value is -1.43. The molecule has 2 saturated heterocycles. The highest BCUT2D eigenvalue weighted by Gasteiger charge is 2.33. The molecule has 0 saturated carbocycles. The van der Waals surface area contributed by atoms with Gasteiger partial charge in [-0.25, -0.2) is 0 Å². The van der Waals surface area contributed by atoms with Gasteiger partial charge in [-0.2, -0.15) is 4.98 Å².